The van der Waals surface area contributed by atoms with Crippen LogP contribution in [0.4, 0.5) is 19.3 Å². The molecule has 0 unspecified atom stereocenters. The minimum absolute atomic E-state index is 0.182. The molecule has 0 atom stereocenters. The summed E-state index contributed by atoms with van der Waals surface area (Å²) in [4.78, 5) is 22.1. The molecule has 1 amide bonds. The van der Waals surface area contributed by atoms with E-state index in [-0.39, 0.29) is 11.3 Å². The van der Waals surface area contributed by atoms with E-state index in [4.69, 9.17) is 11.6 Å². The normalized spacial score (nSPS) is 10.2. The highest BCUT2D eigenvalue weighted by Crippen LogP contribution is 2.13. The molecule has 1 aromatic carbocycles. The van der Waals surface area contributed by atoms with Crippen LogP contribution in [0.15, 0.2) is 24.3 Å². The summed E-state index contributed by atoms with van der Waals surface area (Å²) in [6.07, 6.45) is -2.43. The summed E-state index contributed by atoms with van der Waals surface area (Å²) in [7, 11) is 0. The van der Waals surface area contributed by atoms with Gasteiger partial charge < -0.3 is 4.74 Å². The molecule has 0 aliphatic rings. The molecule has 0 bridgehead atoms. The highest BCUT2D eigenvalue weighted by Gasteiger charge is 2.14. The number of anilines is 1. The van der Waals surface area contributed by atoms with E-state index in [0.717, 1.165) is 0 Å². The van der Waals surface area contributed by atoms with Crippen LogP contribution in [0.1, 0.15) is 10.4 Å². The standard InChI is InChI=1S/C11H10ClF2NO3/c12-10(16)7-2-1-3-8(4-7)15-11(17)18-9(5-13)6-14/h1-4,9H,5-6H2,(H,15,17). The van der Waals surface area contributed by atoms with Gasteiger partial charge in [-0.1, -0.05) is 6.07 Å². The number of hydrogen-bond donors (Lipinski definition) is 1. The van der Waals surface area contributed by atoms with Crippen molar-refractivity contribution in [2.75, 3.05) is 18.7 Å². The average Bonchev–Trinajstić information content (AvgIpc) is 2.36. The summed E-state index contributed by atoms with van der Waals surface area (Å²) in [6, 6.07) is 5.74. The van der Waals surface area contributed by atoms with Crippen LogP contribution in [-0.4, -0.2) is 30.8 Å². The monoisotopic (exact) mass is 277 g/mol. The lowest BCUT2D eigenvalue weighted by Crippen LogP contribution is -2.25. The van der Waals surface area contributed by atoms with E-state index in [1.54, 1.807) is 0 Å². The van der Waals surface area contributed by atoms with E-state index in [1.807, 2.05) is 0 Å². The van der Waals surface area contributed by atoms with Crippen LogP contribution in [-0.2, 0) is 4.74 Å². The van der Waals surface area contributed by atoms with Gasteiger partial charge in [0.2, 0.25) is 0 Å². The van der Waals surface area contributed by atoms with Gasteiger partial charge in [0.15, 0.2) is 6.10 Å². The number of benzene rings is 1. The first-order valence-electron chi connectivity index (χ1n) is 4.96. The van der Waals surface area contributed by atoms with Crippen molar-refractivity contribution in [1.29, 1.82) is 0 Å². The Kier molecular flexibility index (Phi) is 5.51. The van der Waals surface area contributed by atoms with Crippen molar-refractivity contribution < 1.29 is 23.1 Å². The number of hydrogen-bond acceptors (Lipinski definition) is 3. The largest absolute Gasteiger partial charge is 0.440 e. The van der Waals surface area contributed by atoms with Gasteiger partial charge in [0.05, 0.1) is 0 Å². The summed E-state index contributed by atoms with van der Waals surface area (Å²) < 4.78 is 28.7. The van der Waals surface area contributed by atoms with Crippen LogP contribution in [0.3, 0.4) is 0 Å². The zero-order chi connectivity index (χ0) is 13.5. The van der Waals surface area contributed by atoms with E-state index in [1.165, 1.54) is 24.3 Å². The molecule has 0 aliphatic carbocycles. The topological polar surface area (TPSA) is 55.4 Å². The van der Waals surface area contributed by atoms with E-state index in [2.05, 4.69) is 10.1 Å². The number of ether oxygens (including phenoxy) is 1. The third kappa shape index (κ3) is 4.29. The fraction of sp³-hybridized carbons (Fsp3) is 0.273. The molecule has 0 aromatic heterocycles. The number of alkyl halides is 2. The molecular formula is C11H10ClF2NO3. The van der Waals surface area contributed by atoms with Crippen molar-refractivity contribution in [2.45, 2.75) is 6.10 Å². The molecule has 7 heteroatoms. The van der Waals surface area contributed by atoms with Crippen molar-refractivity contribution in [3.63, 3.8) is 0 Å². The number of halogens is 3. The van der Waals surface area contributed by atoms with Gasteiger partial charge >= 0.3 is 6.09 Å². The van der Waals surface area contributed by atoms with Crippen LogP contribution in [0.2, 0.25) is 0 Å². The van der Waals surface area contributed by atoms with E-state index < -0.39 is 30.8 Å². The second kappa shape index (κ2) is 6.90. The Labute approximate surface area is 107 Å². The zero-order valence-corrected chi connectivity index (χ0v) is 9.92. The summed E-state index contributed by atoms with van der Waals surface area (Å²) in [5.74, 6) is 0. The van der Waals surface area contributed by atoms with Crippen LogP contribution < -0.4 is 5.32 Å². The lowest BCUT2D eigenvalue weighted by molar-refractivity contribution is 0.0757. The van der Waals surface area contributed by atoms with Gasteiger partial charge in [-0.25, -0.2) is 13.6 Å². The lowest BCUT2D eigenvalue weighted by atomic mass is 10.2. The number of amides is 1. The quantitative estimate of drug-likeness (QED) is 0.842. The van der Waals surface area contributed by atoms with Gasteiger partial charge in [0.25, 0.3) is 5.24 Å². The second-order valence-corrected chi connectivity index (χ2v) is 3.66. The molecule has 1 N–H and O–H groups in total. The molecule has 0 aliphatic heterocycles. The van der Waals surface area contributed by atoms with Gasteiger partial charge in [-0.05, 0) is 29.8 Å². The van der Waals surface area contributed by atoms with Crippen molar-refractivity contribution in [2.24, 2.45) is 0 Å². The molecule has 18 heavy (non-hydrogen) atoms. The van der Waals surface area contributed by atoms with E-state index in [9.17, 15) is 18.4 Å². The van der Waals surface area contributed by atoms with Crippen molar-refractivity contribution >= 4 is 28.6 Å². The molecule has 0 saturated heterocycles. The maximum absolute atomic E-state index is 12.1. The predicted molar refractivity (Wildman–Crippen MR) is 62.5 cm³/mol. The molecule has 0 saturated carbocycles. The maximum Gasteiger partial charge on any atom is 0.412 e. The second-order valence-electron chi connectivity index (χ2n) is 3.32. The van der Waals surface area contributed by atoms with Gasteiger partial charge in [-0.3, -0.25) is 10.1 Å². The third-order valence-corrected chi connectivity index (χ3v) is 2.17. The van der Waals surface area contributed by atoms with Crippen molar-refractivity contribution in [1.82, 2.24) is 0 Å². The molecular weight excluding hydrogens is 268 g/mol. The Hall–Kier alpha value is -1.69. The summed E-state index contributed by atoms with van der Waals surface area (Å²) in [5, 5.41) is 1.55. The third-order valence-electron chi connectivity index (χ3n) is 1.95. The van der Waals surface area contributed by atoms with Crippen LogP contribution in [0.5, 0.6) is 0 Å². The van der Waals surface area contributed by atoms with Crippen LogP contribution >= 0.6 is 11.6 Å². The Morgan fingerprint density at radius 2 is 2.00 bits per heavy atom. The molecule has 0 heterocycles. The minimum Gasteiger partial charge on any atom is -0.440 e. The van der Waals surface area contributed by atoms with Gasteiger partial charge in [-0.2, -0.15) is 0 Å². The fourth-order valence-corrected chi connectivity index (χ4v) is 1.24. The number of carbonyl (C=O) groups is 2. The summed E-state index contributed by atoms with van der Waals surface area (Å²) in [6.45, 7) is -2.21. The number of nitrogens with one attached hydrogen (secondary N) is 1. The van der Waals surface area contributed by atoms with Crippen LogP contribution in [0.25, 0.3) is 0 Å². The molecule has 0 fully saturated rings. The first-order chi connectivity index (χ1) is 8.56. The molecule has 1 rings (SSSR count). The fourth-order valence-electron chi connectivity index (χ4n) is 1.12. The Balaban J connectivity index is 2.64. The SMILES string of the molecule is O=C(Nc1cccc(C(=O)Cl)c1)OC(CF)CF. The average molecular weight is 278 g/mol. The van der Waals surface area contributed by atoms with Gasteiger partial charge in [0.1, 0.15) is 13.3 Å². The smallest absolute Gasteiger partial charge is 0.412 e. The van der Waals surface area contributed by atoms with Crippen molar-refractivity contribution in [3.8, 4) is 0 Å². The first kappa shape index (κ1) is 14.4. The molecule has 0 spiro atoms. The summed E-state index contributed by atoms with van der Waals surface area (Å²) in [5.41, 5.74) is 0.421. The molecule has 0 radical (unpaired) electrons. The Bertz CT molecular complexity index is 438. The zero-order valence-electron chi connectivity index (χ0n) is 9.16. The Morgan fingerprint density at radius 3 is 2.56 bits per heavy atom. The van der Waals surface area contributed by atoms with Gasteiger partial charge in [0, 0.05) is 11.3 Å². The highest BCUT2D eigenvalue weighted by molar-refractivity contribution is 6.67. The van der Waals surface area contributed by atoms with Crippen LogP contribution in [0, 0.1) is 0 Å². The van der Waals surface area contributed by atoms with E-state index >= 15 is 0 Å². The highest BCUT2D eigenvalue weighted by atomic mass is 35.5. The van der Waals surface area contributed by atoms with Crippen molar-refractivity contribution in [3.05, 3.63) is 29.8 Å². The minimum atomic E-state index is -1.43. The lowest BCUT2D eigenvalue weighted by Gasteiger charge is -2.12. The number of rotatable bonds is 5. The first-order valence-corrected chi connectivity index (χ1v) is 5.34. The van der Waals surface area contributed by atoms with E-state index in [0.29, 0.717) is 0 Å². The molecule has 4 nitrogen and oxygen atoms in total. The number of carbonyl (C=O) groups excluding carboxylic acids is 2. The van der Waals surface area contributed by atoms with Gasteiger partial charge in [-0.15, -0.1) is 0 Å². The predicted octanol–water partition coefficient (Wildman–Crippen LogP) is 2.92. The maximum atomic E-state index is 12.1. The molecule has 1 aromatic rings. The Morgan fingerprint density at radius 1 is 1.33 bits per heavy atom. The summed E-state index contributed by atoms with van der Waals surface area (Å²) >= 11 is 5.26. The molecule has 98 valence electrons.